The maximum absolute atomic E-state index is 11.5. The summed E-state index contributed by atoms with van der Waals surface area (Å²) in [6.07, 6.45) is -2.80. The van der Waals surface area contributed by atoms with Crippen LogP contribution >= 0.6 is 23.5 Å². The first kappa shape index (κ1) is 63.9. The molecule has 14 rings (SSSR count). The van der Waals surface area contributed by atoms with Crippen molar-refractivity contribution >= 4 is 111 Å². The van der Waals surface area contributed by atoms with E-state index in [0.29, 0.717) is 75.6 Å². The second-order valence-electron chi connectivity index (χ2n) is 24.3. The van der Waals surface area contributed by atoms with Crippen LogP contribution in [0.2, 0.25) is 0 Å². The minimum absolute atomic E-state index is 0.130. The smallest absolute Gasteiger partial charge is 0.127 e. The van der Waals surface area contributed by atoms with Gasteiger partial charge in [-0.15, -0.1) is 23.5 Å². The highest BCUT2D eigenvalue weighted by atomic mass is 32.2. The zero-order valence-corrected chi connectivity index (χ0v) is 55.0. The molecule has 0 bridgehead atoms. The summed E-state index contributed by atoms with van der Waals surface area (Å²) >= 11 is 3.14. The van der Waals surface area contributed by atoms with Crippen LogP contribution in [0.3, 0.4) is 0 Å². The summed E-state index contributed by atoms with van der Waals surface area (Å²) in [5.41, 5.74) is 9.08. The first-order chi connectivity index (χ1) is 46.8. The van der Waals surface area contributed by atoms with Crippen molar-refractivity contribution in [1.29, 1.82) is 0 Å². The van der Waals surface area contributed by atoms with Crippen LogP contribution in [0.4, 0.5) is 0 Å². The summed E-state index contributed by atoms with van der Waals surface area (Å²) in [7, 11) is 3.43. The van der Waals surface area contributed by atoms with Crippen LogP contribution in [0.15, 0.2) is 252 Å². The van der Waals surface area contributed by atoms with Crippen LogP contribution in [0, 0.1) is 0 Å². The number of fused-ring (bicyclic) bond motifs is 12. The summed E-state index contributed by atoms with van der Waals surface area (Å²) in [5, 5.41) is 32.6. The van der Waals surface area contributed by atoms with Crippen LogP contribution in [0.25, 0.3) is 87.2 Å². The van der Waals surface area contributed by atoms with Gasteiger partial charge in [-0.25, -0.2) is 0 Å². The fourth-order valence-corrected chi connectivity index (χ4v) is 15.0. The number of hydrogen-bond donors (Lipinski definition) is 2. The van der Waals surface area contributed by atoms with Gasteiger partial charge in [0, 0.05) is 123 Å². The van der Waals surface area contributed by atoms with E-state index in [-0.39, 0.29) is 37.6 Å². The quantitative estimate of drug-likeness (QED) is 0.0392. The minimum atomic E-state index is -0.744. The number of benzene rings is 10. The Morgan fingerprint density at radius 3 is 0.747 bits per heavy atom. The molecule has 6 unspecified atom stereocenters. The fraction of sp³-hybridized carbons (Fsp3) is 0.250. The Hall–Kier alpha value is -8.42. The van der Waals surface area contributed by atoms with Crippen molar-refractivity contribution < 1.29 is 43.4 Å². The molecule has 0 aliphatic heterocycles. The molecule has 0 aliphatic carbocycles. The van der Waals surface area contributed by atoms with Gasteiger partial charge >= 0.3 is 0 Å². The molecule has 4 aromatic heterocycles. The van der Waals surface area contributed by atoms with Gasteiger partial charge in [0.2, 0.25) is 0 Å². The molecule has 0 fully saturated rings. The lowest BCUT2D eigenvalue weighted by atomic mass is 10.2. The number of aromatic nitrogens is 4. The van der Waals surface area contributed by atoms with E-state index in [1.54, 1.807) is 37.7 Å². The third-order valence-electron chi connectivity index (χ3n) is 17.8. The number of hydrogen-bond acceptors (Lipinski definition) is 11. The van der Waals surface area contributed by atoms with E-state index in [0.717, 1.165) is 53.9 Å². The van der Waals surface area contributed by atoms with E-state index in [1.165, 1.54) is 43.1 Å². The van der Waals surface area contributed by atoms with Crippen molar-refractivity contribution in [1.82, 2.24) is 18.3 Å². The van der Waals surface area contributed by atoms with Gasteiger partial charge < -0.3 is 61.6 Å². The van der Waals surface area contributed by atoms with Gasteiger partial charge in [-0.2, -0.15) is 0 Å². The first-order valence-electron chi connectivity index (χ1n) is 32.6. The Kier molecular flexibility index (Phi) is 20.3. The monoisotopic (exact) mass is 1300 g/mol. The fourth-order valence-electron chi connectivity index (χ4n) is 13.4. The van der Waals surface area contributed by atoms with Gasteiger partial charge in [-0.1, -0.05) is 146 Å². The summed E-state index contributed by atoms with van der Waals surface area (Å²) < 4.78 is 54.1. The van der Waals surface area contributed by atoms with Gasteiger partial charge in [-0.3, -0.25) is 0 Å². The molecular formula is C80H78N4O9S2. The zero-order valence-electron chi connectivity index (χ0n) is 53.4. The molecule has 4 heterocycles. The molecule has 0 radical (unpaired) electrons. The maximum atomic E-state index is 11.5. The lowest BCUT2D eigenvalue weighted by Gasteiger charge is -2.25. The molecule has 10 aromatic carbocycles. The zero-order chi connectivity index (χ0) is 64.5. The Morgan fingerprint density at radius 1 is 0.284 bits per heavy atom. The SMILES string of the molecule is COCC(Cn1c2ccccc2c2ccccc21)OCC(Cn1c2ccccc2c2ccccc21)OCC(O)CSc1ccc(Oc2ccc(SCC(O)COC(COC(COC)Cn3c4ccccc4c4ccccc43)Cn3c4ccccc4c4ccccc43)cc2)cc1. The third kappa shape index (κ3) is 14.4. The molecule has 2 N–H and O–H groups in total. The molecule has 95 heavy (non-hydrogen) atoms. The van der Waals surface area contributed by atoms with Crippen LogP contribution < -0.4 is 4.74 Å². The van der Waals surface area contributed by atoms with Gasteiger partial charge in [0.15, 0.2) is 0 Å². The van der Waals surface area contributed by atoms with Crippen molar-refractivity contribution in [2.45, 2.75) is 72.6 Å². The molecule has 6 atom stereocenters. The molecule has 484 valence electrons. The van der Waals surface area contributed by atoms with E-state index in [1.807, 2.05) is 48.5 Å². The van der Waals surface area contributed by atoms with Crippen LogP contribution in [0.1, 0.15) is 0 Å². The van der Waals surface area contributed by atoms with Gasteiger partial charge in [-0.05, 0) is 97.1 Å². The van der Waals surface area contributed by atoms with E-state index < -0.39 is 12.2 Å². The second-order valence-corrected chi connectivity index (χ2v) is 26.5. The number of aliphatic hydroxyl groups is 2. The Morgan fingerprint density at radius 2 is 0.505 bits per heavy atom. The number of methoxy groups -OCH3 is 2. The number of thioether (sulfide) groups is 2. The highest BCUT2D eigenvalue weighted by molar-refractivity contribution is 7.99. The molecule has 0 amide bonds. The number of ether oxygens (including phenoxy) is 7. The molecule has 0 aliphatic rings. The lowest BCUT2D eigenvalue weighted by Crippen LogP contribution is -2.34. The van der Waals surface area contributed by atoms with Gasteiger partial charge in [0.05, 0.1) is 102 Å². The summed E-state index contributed by atoms with van der Waals surface area (Å²) in [6.45, 7) is 3.89. The first-order valence-corrected chi connectivity index (χ1v) is 34.6. The van der Waals surface area contributed by atoms with Crippen LogP contribution in [-0.2, 0) is 54.6 Å². The normalized spacial score (nSPS) is 14.1. The van der Waals surface area contributed by atoms with E-state index >= 15 is 0 Å². The summed E-state index contributed by atoms with van der Waals surface area (Å²) in [5.74, 6) is 2.26. The molecular weight excluding hydrogens is 1230 g/mol. The lowest BCUT2D eigenvalue weighted by molar-refractivity contribution is -0.0837. The average molecular weight is 1300 g/mol. The summed E-state index contributed by atoms with van der Waals surface area (Å²) in [6, 6.07) is 83.8. The van der Waals surface area contributed by atoms with Crippen LogP contribution in [-0.4, -0.2) is 130 Å². The highest BCUT2D eigenvalue weighted by Crippen LogP contribution is 2.35. The van der Waals surface area contributed by atoms with Gasteiger partial charge in [0.25, 0.3) is 0 Å². The second kappa shape index (κ2) is 30.1. The van der Waals surface area contributed by atoms with E-state index in [2.05, 4.69) is 212 Å². The molecule has 14 aromatic rings. The Bertz CT molecular complexity index is 4350. The predicted molar refractivity (Wildman–Crippen MR) is 387 cm³/mol. The molecule has 0 saturated carbocycles. The van der Waals surface area contributed by atoms with Gasteiger partial charge in [0.1, 0.15) is 11.5 Å². The average Bonchev–Trinajstić information content (AvgIpc) is 1.65. The number of rotatable bonds is 32. The summed E-state index contributed by atoms with van der Waals surface area (Å²) in [4.78, 5) is 2.00. The third-order valence-corrected chi connectivity index (χ3v) is 20.1. The van der Waals surface area contributed by atoms with Crippen molar-refractivity contribution in [2.24, 2.45) is 0 Å². The van der Waals surface area contributed by atoms with Crippen molar-refractivity contribution in [3.63, 3.8) is 0 Å². The highest BCUT2D eigenvalue weighted by Gasteiger charge is 2.25. The van der Waals surface area contributed by atoms with E-state index in [9.17, 15) is 10.2 Å². The molecule has 15 heteroatoms. The Balaban J connectivity index is 0.581. The Labute approximate surface area is 561 Å². The standard InChI is InChI=1S/C80H78N4O9S2/c1-87-49-59(43-81-73-27-11-3-19-65(73)66-20-4-12-28-74(66)81)91-51-61(45-83-77-31-15-7-23-69(77)70-24-8-16-32-78(70)83)89-47-55(85)53-94-63-39-35-57(36-40-63)93-58-37-41-64(42-38-58)95-54-56(86)48-90-62(46-84-79-33-17-9-25-71(79)72-26-10-18-34-80(72)84)52-92-60(50-88-2)44-82-75-29-13-5-21-67(75)68-22-6-14-30-76(68)82/h3-42,55-56,59-62,85-86H,43-54H2,1-2H3. The number of nitrogens with zero attached hydrogens (tertiary/aromatic N) is 4. The number of aliphatic hydroxyl groups excluding tert-OH is 2. The minimum Gasteiger partial charge on any atom is -0.457 e. The van der Waals surface area contributed by atoms with Crippen molar-refractivity contribution in [2.75, 3.05) is 65.4 Å². The number of para-hydroxylation sites is 8. The molecule has 0 spiro atoms. The van der Waals surface area contributed by atoms with E-state index in [4.69, 9.17) is 33.2 Å². The van der Waals surface area contributed by atoms with Crippen molar-refractivity contribution in [3.05, 3.63) is 243 Å². The maximum Gasteiger partial charge on any atom is 0.127 e. The van der Waals surface area contributed by atoms with Crippen molar-refractivity contribution in [3.8, 4) is 11.5 Å². The predicted octanol–water partition coefficient (Wildman–Crippen LogP) is 16.5. The van der Waals surface area contributed by atoms with Crippen LogP contribution in [0.5, 0.6) is 11.5 Å². The molecule has 13 nitrogen and oxygen atoms in total. The molecule has 0 saturated heterocycles. The largest absolute Gasteiger partial charge is 0.457 e. The topological polar surface area (TPSA) is 125 Å².